The summed E-state index contributed by atoms with van der Waals surface area (Å²) in [5.74, 6) is 1.35. The van der Waals surface area contributed by atoms with E-state index in [4.69, 9.17) is 34.7 Å². The number of benzene rings is 7. The zero-order valence-electron chi connectivity index (χ0n) is 31.0. The molecule has 0 bridgehead atoms. The SMILES string of the molecule is [C-]#[N+]c1ccc(-c2ccc3c(c2)c2cc(-c4ccc([N+]#[C-])cc4[N+]#[C-])ccc2n3-c2ccc(C#N)cc2-c2nc(-c3ccccc3)nc(-c3ccccc3)n2)c(C#N)c1. The van der Waals surface area contributed by atoms with Crippen LogP contribution in [0.5, 0.6) is 0 Å². The normalized spacial score (nSPS) is 10.6. The highest BCUT2D eigenvalue weighted by atomic mass is 15.1. The molecule has 0 unspecified atom stereocenters. The Kier molecular flexibility index (Phi) is 8.90. The second-order valence-corrected chi connectivity index (χ2v) is 13.6. The van der Waals surface area contributed by atoms with E-state index in [1.165, 1.54) is 0 Å². The van der Waals surface area contributed by atoms with Crippen LogP contribution in [0.3, 0.4) is 0 Å². The van der Waals surface area contributed by atoms with Gasteiger partial charge in [-0.1, -0.05) is 103 Å². The Balaban J connectivity index is 1.34. The number of aromatic nitrogens is 4. The number of rotatable bonds is 6. The first-order valence-electron chi connectivity index (χ1n) is 18.3. The molecule has 0 aliphatic heterocycles. The minimum Gasteiger partial charge on any atom is -0.308 e. The fourth-order valence-electron chi connectivity index (χ4n) is 7.40. The van der Waals surface area contributed by atoms with Crippen molar-refractivity contribution in [2.75, 3.05) is 0 Å². The Morgan fingerprint density at radius 1 is 0.458 bits per heavy atom. The average Bonchev–Trinajstić information content (AvgIpc) is 3.63. The van der Waals surface area contributed by atoms with Crippen LogP contribution in [-0.4, -0.2) is 19.5 Å². The Morgan fingerprint density at radius 2 is 1.02 bits per heavy atom. The summed E-state index contributed by atoms with van der Waals surface area (Å²) >= 11 is 0. The van der Waals surface area contributed by atoms with E-state index < -0.39 is 0 Å². The van der Waals surface area contributed by atoms with Gasteiger partial charge in [-0.05, 0) is 70.8 Å². The van der Waals surface area contributed by atoms with E-state index in [0.29, 0.717) is 62.4 Å². The third kappa shape index (κ3) is 6.34. The topological polar surface area (TPSA) is 104 Å². The van der Waals surface area contributed by atoms with E-state index in [0.717, 1.165) is 49.7 Å². The average molecular weight is 752 g/mol. The first kappa shape index (κ1) is 35.5. The predicted octanol–water partition coefficient (Wildman–Crippen LogP) is 12.7. The first-order valence-corrected chi connectivity index (χ1v) is 18.3. The molecule has 9 aromatic rings. The van der Waals surface area contributed by atoms with Crippen LogP contribution in [0.15, 0.2) is 152 Å². The summed E-state index contributed by atoms with van der Waals surface area (Å²) in [6.45, 7) is 22.9. The molecule has 2 heterocycles. The van der Waals surface area contributed by atoms with Gasteiger partial charge in [0.1, 0.15) is 0 Å². The van der Waals surface area contributed by atoms with Crippen molar-refractivity contribution in [3.05, 3.63) is 197 Å². The maximum atomic E-state index is 10.2. The van der Waals surface area contributed by atoms with Gasteiger partial charge in [0.15, 0.2) is 34.5 Å². The van der Waals surface area contributed by atoms with E-state index in [1.807, 2.05) is 103 Å². The van der Waals surface area contributed by atoms with Gasteiger partial charge in [-0.2, -0.15) is 10.5 Å². The third-order valence-electron chi connectivity index (χ3n) is 10.2. The van der Waals surface area contributed by atoms with Gasteiger partial charge in [-0.15, -0.1) is 0 Å². The number of nitriles is 2. The molecule has 0 spiro atoms. The molecular formula is C50H25N9. The lowest BCUT2D eigenvalue weighted by molar-refractivity contribution is 1.06. The number of fused-ring (bicyclic) bond motifs is 3. The van der Waals surface area contributed by atoms with Gasteiger partial charge in [0.25, 0.3) is 0 Å². The Labute approximate surface area is 339 Å². The molecule has 0 saturated carbocycles. The Hall–Kier alpha value is -9.20. The zero-order valence-corrected chi connectivity index (χ0v) is 31.0. The van der Waals surface area contributed by atoms with Crippen molar-refractivity contribution in [3.63, 3.8) is 0 Å². The van der Waals surface area contributed by atoms with Crippen molar-refractivity contribution in [1.29, 1.82) is 10.5 Å². The molecule has 0 saturated heterocycles. The first-order chi connectivity index (χ1) is 29.0. The van der Waals surface area contributed by atoms with Crippen molar-refractivity contribution in [2.45, 2.75) is 0 Å². The second-order valence-electron chi connectivity index (χ2n) is 13.6. The van der Waals surface area contributed by atoms with Gasteiger partial charge >= 0.3 is 0 Å². The largest absolute Gasteiger partial charge is 0.308 e. The molecule has 0 atom stereocenters. The van der Waals surface area contributed by atoms with Crippen LogP contribution in [0.1, 0.15) is 11.1 Å². The molecule has 0 N–H and O–H groups in total. The van der Waals surface area contributed by atoms with E-state index in [9.17, 15) is 10.5 Å². The monoisotopic (exact) mass is 751 g/mol. The molecule has 0 fully saturated rings. The molecule has 9 rings (SSSR count). The van der Waals surface area contributed by atoms with Crippen LogP contribution in [-0.2, 0) is 0 Å². The number of nitrogens with zero attached hydrogens (tertiary/aromatic N) is 9. The maximum Gasteiger partial charge on any atom is 0.188 e. The third-order valence-corrected chi connectivity index (χ3v) is 10.2. The summed E-state index contributed by atoms with van der Waals surface area (Å²) in [7, 11) is 0. The van der Waals surface area contributed by atoms with Crippen molar-refractivity contribution in [3.8, 4) is 74.2 Å². The van der Waals surface area contributed by atoms with Crippen molar-refractivity contribution >= 4 is 38.9 Å². The summed E-state index contributed by atoms with van der Waals surface area (Å²) < 4.78 is 2.12. The van der Waals surface area contributed by atoms with Gasteiger partial charge < -0.3 is 4.57 Å². The molecule has 2 aromatic heterocycles. The summed E-state index contributed by atoms with van der Waals surface area (Å²) in [5.41, 5.74) is 9.53. The molecule has 9 heteroatoms. The number of hydrogen-bond donors (Lipinski definition) is 0. The van der Waals surface area contributed by atoms with E-state index >= 15 is 0 Å². The maximum absolute atomic E-state index is 10.2. The molecule has 0 radical (unpaired) electrons. The predicted molar refractivity (Wildman–Crippen MR) is 230 cm³/mol. The molecule has 59 heavy (non-hydrogen) atoms. The van der Waals surface area contributed by atoms with Gasteiger partial charge in [0.05, 0.1) is 54.1 Å². The molecule has 0 amide bonds. The highest BCUT2D eigenvalue weighted by Gasteiger charge is 2.22. The van der Waals surface area contributed by atoms with Crippen LogP contribution in [0, 0.1) is 42.4 Å². The van der Waals surface area contributed by atoms with E-state index in [-0.39, 0.29) is 0 Å². The summed E-state index contributed by atoms with van der Waals surface area (Å²) in [5, 5.41) is 22.0. The van der Waals surface area contributed by atoms with Gasteiger partial charge in [-0.25, -0.2) is 29.5 Å². The van der Waals surface area contributed by atoms with Gasteiger partial charge in [0.2, 0.25) is 0 Å². The summed E-state index contributed by atoms with van der Waals surface area (Å²) in [6, 6.07) is 51.7. The van der Waals surface area contributed by atoms with Gasteiger partial charge in [-0.3, -0.25) is 0 Å². The fraction of sp³-hybridized carbons (Fsp3) is 0. The van der Waals surface area contributed by atoms with Crippen molar-refractivity contribution in [2.24, 2.45) is 0 Å². The van der Waals surface area contributed by atoms with Crippen LogP contribution in [0.4, 0.5) is 17.1 Å². The fourth-order valence-corrected chi connectivity index (χ4v) is 7.40. The molecular weight excluding hydrogens is 727 g/mol. The van der Waals surface area contributed by atoms with Crippen LogP contribution < -0.4 is 0 Å². The molecule has 9 nitrogen and oxygen atoms in total. The Morgan fingerprint density at radius 3 is 1.58 bits per heavy atom. The van der Waals surface area contributed by atoms with Gasteiger partial charge in [0, 0.05) is 33.0 Å². The zero-order chi connectivity index (χ0) is 40.5. The molecule has 0 aliphatic rings. The second kappa shape index (κ2) is 14.8. The Bertz CT molecular complexity index is 3200. The molecule has 0 aliphatic carbocycles. The molecule has 270 valence electrons. The minimum atomic E-state index is 0.369. The van der Waals surface area contributed by atoms with E-state index in [2.05, 4.69) is 31.2 Å². The van der Waals surface area contributed by atoms with Crippen molar-refractivity contribution < 1.29 is 0 Å². The lowest BCUT2D eigenvalue weighted by atomic mass is 9.97. The number of hydrogen-bond acceptors (Lipinski definition) is 5. The molecule has 7 aromatic carbocycles. The lowest BCUT2D eigenvalue weighted by Gasteiger charge is -2.15. The van der Waals surface area contributed by atoms with Crippen molar-refractivity contribution in [1.82, 2.24) is 19.5 Å². The smallest absolute Gasteiger partial charge is 0.188 e. The highest BCUT2D eigenvalue weighted by Crippen LogP contribution is 2.42. The standard InChI is InChI=1S/C50H25N9/c1-53-37-17-19-39(36(25-37)30-52)34-15-22-45-41(26-34)42-27-35(40-20-18-38(54-2)28-44(40)55-3)16-23-46(42)59(45)47-21-14-31(29-51)24-43(47)50-57-48(32-10-6-4-7-11-32)56-49(58-50)33-12-8-5-9-13-33/h4-28H. The minimum absolute atomic E-state index is 0.369. The van der Waals surface area contributed by atoms with Crippen LogP contribution in [0.25, 0.3) is 98.4 Å². The van der Waals surface area contributed by atoms with Crippen LogP contribution in [0.2, 0.25) is 0 Å². The summed E-state index contributed by atoms with van der Waals surface area (Å²) in [4.78, 5) is 25.8. The quantitative estimate of drug-likeness (QED) is 0.157. The summed E-state index contributed by atoms with van der Waals surface area (Å²) in [6.07, 6.45) is 0. The lowest BCUT2D eigenvalue weighted by Crippen LogP contribution is -2.04. The van der Waals surface area contributed by atoms with Crippen LogP contribution >= 0.6 is 0 Å². The van der Waals surface area contributed by atoms with E-state index in [1.54, 1.807) is 48.5 Å². The highest BCUT2D eigenvalue weighted by molar-refractivity contribution is 6.12.